The Morgan fingerprint density at radius 2 is 2.00 bits per heavy atom. The van der Waals surface area contributed by atoms with Crippen LogP contribution in [-0.2, 0) is 6.42 Å². The normalized spacial score (nSPS) is 19.0. The first-order chi connectivity index (χ1) is 6.75. The zero-order valence-corrected chi connectivity index (χ0v) is 9.50. The highest BCUT2D eigenvalue weighted by molar-refractivity contribution is 9.10. The van der Waals surface area contributed by atoms with E-state index in [4.69, 9.17) is 0 Å². The molecule has 0 aromatic heterocycles. The highest BCUT2D eigenvalue weighted by Crippen LogP contribution is 2.16. The molecule has 1 aromatic carbocycles. The monoisotopic (exact) mass is 255 g/mol. The third kappa shape index (κ3) is 2.35. The van der Waals surface area contributed by atoms with Crippen LogP contribution in [0.2, 0.25) is 0 Å². The van der Waals surface area contributed by atoms with Gasteiger partial charge in [0.25, 0.3) is 0 Å². The number of aliphatic hydroxyl groups is 1. The third-order valence-electron chi connectivity index (χ3n) is 2.72. The largest absolute Gasteiger partial charge is 0.392 e. The van der Waals surface area contributed by atoms with E-state index in [1.807, 2.05) is 12.1 Å². The molecule has 0 radical (unpaired) electrons. The van der Waals surface area contributed by atoms with Crippen LogP contribution in [0.3, 0.4) is 0 Å². The number of halogens is 1. The number of hydrogen-bond acceptors (Lipinski definition) is 2. The molecule has 1 atom stereocenters. The van der Waals surface area contributed by atoms with Crippen LogP contribution in [0.4, 0.5) is 0 Å². The molecule has 0 aliphatic carbocycles. The van der Waals surface area contributed by atoms with E-state index in [0.717, 1.165) is 24.0 Å². The van der Waals surface area contributed by atoms with E-state index in [-0.39, 0.29) is 6.10 Å². The van der Waals surface area contributed by atoms with Gasteiger partial charge in [0.2, 0.25) is 0 Å². The molecule has 1 aliphatic rings. The van der Waals surface area contributed by atoms with Crippen molar-refractivity contribution >= 4 is 15.9 Å². The second kappa shape index (κ2) is 4.43. The number of hydrogen-bond donors (Lipinski definition) is 2. The van der Waals surface area contributed by atoms with Crippen molar-refractivity contribution in [3.8, 4) is 0 Å². The molecule has 1 aromatic rings. The van der Waals surface area contributed by atoms with E-state index in [1.54, 1.807) is 0 Å². The average molecular weight is 256 g/mol. The Balaban J connectivity index is 1.92. The van der Waals surface area contributed by atoms with Gasteiger partial charge in [0.15, 0.2) is 0 Å². The molecule has 2 rings (SSSR count). The topological polar surface area (TPSA) is 32.3 Å². The van der Waals surface area contributed by atoms with Gasteiger partial charge in [-0.2, -0.15) is 0 Å². The zero-order chi connectivity index (χ0) is 9.97. The fourth-order valence-electron chi connectivity index (χ4n) is 1.61. The Morgan fingerprint density at radius 3 is 2.50 bits per heavy atom. The van der Waals surface area contributed by atoms with Gasteiger partial charge < -0.3 is 10.4 Å². The highest BCUT2D eigenvalue weighted by atomic mass is 79.9. The second-order valence-corrected chi connectivity index (χ2v) is 4.73. The van der Waals surface area contributed by atoms with E-state index in [2.05, 4.69) is 33.4 Å². The molecule has 1 aliphatic heterocycles. The van der Waals surface area contributed by atoms with Crippen molar-refractivity contribution in [1.29, 1.82) is 0 Å². The first-order valence-electron chi connectivity index (χ1n) is 4.89. The number of benzene rings is 1. The first kappa shape index (κ1) is 10.1. The minimum atomic E-state index is -0.197. The summed E-state index contributed by atoms with van der Waals surface area (Å²) in [6.45, 7) is 1.91. The van der Waals surface area contributed by atoms with Crippen LogP contribution in [0.1, 0.15) is 5.56 Å². The Bertz CT molecular complexity index is 295. The van der Waals surface area contributed by atoms with Crippen LogP contribution in [0.25, 0.3) is 0 Å². The minimum Gasteiger partial charge on any atom is -0.392 e. The lowest BCUT2D eigenvalue weighted by Gasteiger charge is -2.31. The summed E-state index contributed by atoms with van der Waals surface area (Å²) in [5.74, 6) is 0.443. The fraction of sp³-hybridized carbons (Fsp3) is 0.455. The standard InChI is InChI=1S/C11H14BrNO/c12-10-3-1-8(2-4-10)5-11(14)9-6-13-7-9/h1-4,9,11,13-14H,5-7H2. The van der Waals surface area contributed by atoms with E-state index < -0.39 is 0 Å². The molecule has 14 heavy (non-hydrogen) atoms. The maximum Gasteiger partial charge on any atom is 0.0632 e. The Morgan fingerprint density at radius 1 is 1.36 bits per heavy atom. The summed E-state index contributed by atoms with van der Waals surface area (Å²) < 4.78 is 1.08. The maximum absolute atomic E-state index is 9.84. The zero-order valence-electron chi connectivity index (χ0n) is 7.91. The molecule has 0 spiro atoms. The summed E-state index contributed by atoms with van der Waals surface area (Å²) in [7, 11) is 0. The van der Waals surface area contributed by atoms with E-state index in [0.29, 0.717) is 5.92 Å². The van der Waals surface area contributed by atoms with Gasteiger partial charge in [0.05, 0.1) is 6.10 Å². The number of rotatable bonds is 3. The van der Waals surface area contributed by atoms with Crippen LogP contribution in [0.15, 0.2) is 28.7 Å². The van der Waals surface area contributed by atoms with Crippen molar-refractivity contribution in [1.82, 2.24) is 5.32 Å². The van der Waals surface area contributed by atoms with Crippen molar-refractivity contribution in [2.24, 2.45) is 5.92 Å². The van der Waals surface area contributed by atoms with Crippen LogP contribution in [-0.4, -0.2) is 24.3 Å². The van der Waals surface area contributed by atoms with Crippen LogP contribution in [0.5, 0.6) is 0 Å². The Hall–Kier alpha value is -0.380. The smallest absolute Gasteiger partial charge is 0.0632 e. The lowest BCUT2D eigenvalue weighted by atomic mass is 9.92. The SMILES string of the molecule is OC(Cc1ccc(Br)cc1)C1CNC1. The summed E-state index contributed by atoms with van der Waals surface area (Å²) in [6, 6.07) is 8.14. The van der Waals surface area contributed by atoms with Gasteiger partial charge >= 0.3 is 0 Å². The molecule has 1 unspecified atom stereocenters. The molecule has 1 heterocycles. The predicted molar refractivity (Wildman–Crippen MR) is 60.2 cm³/mol. The fourth-order valence-corrected chi connectivity index (χ4v) is 1.88. The lowest BCUT2D eigenvalue weighted by Crippen LogP contribution is -2.49. The molecule has 0 amide bonds. The Kier molecular flexibility index (Phi) is 3.21. The average Bonchev–Trinajstić information content (AvgIpc) is 2.06. The van der Waals surface area contributed by atoms with Gasteiger partial charge in [-0.15, -0.1) is 0 Å². The van der Waals surface area contributed by atoms with E-state index in [1.165, 1.54) is 5.56 Å². The molecular formula is C11H14BrNO. The van der Waals surface area contributed by atoms with Crippen molar-refractivity contribution in [3.63, 3.8) is 0 Å². The minimum absolute atomic E-state index is 0.197. The molecule has 3 heteroatoms. The quantitative estimate of drug-likeness (QED) is 0.860. The summed E-state index contributed by atoms with van der Waals surface area (Å²) in [5.41, 5.74) is 1.20. The molecule has 1 saturated heterocycles. The van der Waals surface area contributed by atoms with E-state index >= 15 is 0 Å². The molecule has 0 bridgehead atoms. The van der Waals surface area contributed by atoms with Crippen molar-refractivity contribution in [3.05, 3.63) is 34.3 Å². The van der Waals surface area contributed by atoms with Crippen LogP contribution >= 0.6 is 15.9 Å². The van der Waals surface area contributed by atoms with Crippen LogP contribution in [0, 0.1) is 5.92 Å². The first-order valence-corrected chi connectivity index (χ1v) is 5.68. The van der Waals surface area contributed by atoms with Gasteiger partial charge in [-0.3, -0.25) is 0 Å². The summed E-state index contributed by atoms with van der Waals surface area (Å²) >= 11 is 3.39. The summed E-state index contributed by atoms with van der Waals surface area (Å²) in [4.78, 5) is 0. The third-order valence-corrected chi connectivity index (χ3v) is 3.24. The molecule has 2 nitrogen and oxygen atoms in total. The number of nitrogens with one attached hydrogen (secondary N) is 1. The number of aliphatic hydroxyl groups excluding tert-OH is 1. The maximum atomic E-state index is 9.84. The summed E-state index contributed by atoms with van der Waals surface area (Å²) in [6.07, 6.45) is 0.567. The van der Waals surface area contributed by atoms with Gasteiger partial charge in [-0.05, 0) is 24.1 Å². The van der Waals surface area contributed by atoms with Crippen molar-refractivity contribution < 1.29 is 5.11 Å². The van der Waals surface area contributed by atoms with Crippen molar-refractivity contribution in [2.75, 3.05) is 13.1 Å². The molecule has 1 fully saturated rings. The van der Waals surface area contributed by atoms with Gasteiger partial charge in [0, 0.05) is 23.5 Å². The van der Waals surface area contributed by atoms with E-state index in [9.17, 15) is 5.11 Å². The summed E-state index contributed by atoms with van der Waals surface area (Å²) in [5, 5.41) is 13.0. The Labute approximate surface area is 92.5 Å². The predicted octanol–water partition coefficient (Wildman–Crippen LogP) is 1.57. The second-order valence-electron chi connectivity index (χ2n) is 3.82. The van der Waals surface area contributed by atoms with Gasteiger partial charge in [0.1, 0.15) is 0 Å². The molecule has 2 N–H and O–H groups in total. The van der Waals surface area contributed by atoms with Gasteiger partial charge in [-0.25, -0.2) is 0 Å². The van der Waals surface area contributed by atoms with Crippen molar-refractivity contribution in [2.45, 2.75) is 12.5 Å². The molecule has 76 valence electrons. The highest BCUT2D eigenvalue weighted by Gasteiger charge is 2.24. The molecule has 0 saturated carbocycles. The molecular weight excluding hydrogens is 242 g/mol. The van der Waals surface area contributed by atoms with Gasteiger partial charge in [-0.1, -0.05) is 28.1 Å². The van der Waals surface area contributed by atoms with Crippen LogP contribution < -0.4 is 5.32 Å². The lowest BCUT2D eigenvalue weighted by molar-refractivity contribution is 0.0772.